The van der Waals surface area contributed by atoms with Crippen molar-refractivity contribution in [2.45, 2.75) is 84.1 Å². The van der Waals surface area contributed by atoms with Crippen molar-refractivity contribution in [3.8, 4) is 5.75 Å². The number of hydrogen-bond donors (Lipinski definition) is 2. The number of aromatic hydroxyl groups is 1. The normalized spacial score (nSPS) is 31.6. The van der Waals surface area contributed by atoms with Gasteiger partial charge in [0.15, 0.2) is 0 Å². The number of phenols is 1. The van der Waals surface area contributed by atoms with Gasteiger partial charge in [-0.15, -0.1) is 0 Å². The number of hydrogen-bond acceptors (Lipinski definition) is 3. The molecule has 2 fully saturated rings. The van der Waals surface area contributed by atoms with E-state index in [1.54, 1.807) is 6.07 Å². The number of nitrogens with zero attached hydrogens (tertiary/aromatic N) is 1. The molecule has 0 aromatic heterocycles. The number of nitrogens with one attached hydrogen (secondary N) is 1. The standard InChI is InChI=1S/C26H38N2O3/c1-5-14-27-23(30)17-9-11-18(12-10-17)24(31)28-15-13-26(4)20-7-6-8-21(29)19(20)16-22(28)25(26,2)3/h6-8,17-18,22,29H,5,9-16H2,1-4H3,(H,27,30)/t17-,18+,22-,26+/m1/s1. The van der Waals surface area contributed by atoms with Crippen molar-refractivity contribution >= 4 is 11.8 Å². The van der Waals surface area contributed by atoms with Gasteiger partial charge in [0.25, 0.3) is 0 Å². The van der Waals surface area contributed by atoms with Gasteiger partial charge < -0.3 is 15.3 Å². The zero-order valence-electron chi connectivity index (χ0n) is 19.5. The van der Waals surface area contributed by atoms with Crippen LogP contribution < -0.4 is 5.32 Å². The van der Waals surface area contributed by atoms with Crippen molar-refractivity contribution in [1.29, 1.82) is 0 Å². The Bertz CT molecular complexity index is 856. The molecule has 1 heterocycles. The Morgan fingerprint density at radius 2 is 1.81 bits per heavy atom. The molecular formula is C26H38N2O3. The van der Waals surface area contributed by atoms with Gasteiger partial charge in [-0.3, -0.25) is 9.59 Å². The lowest BCUT2D eigenvalue weighted by Crippen LogP contribution is -2.65. The van der Waals surface area contributed by atoms with E-state index < -0.39 is 0 Å². The molecule has 2 N–H and O–H groups in total. The van der Waals surface area contributed by atoms with Crippen molar-refractivity contribution in [1.82, 2.24) is 10.2 Å². The lowest BCUT2D eigenvalue weighted by atomic mass is 9.51. The summed E-state index contributed by atoms with van der Waals surface area (Å²) in [6.45, 7) is 10.5. The van der Waals surface area contributed by atoms with Crippen LogP contribution in [0.4, 0.5) is 0 Å². The summed E-state index contributed by atoms with van der Waals surface area (Å²) in [6, 6.07) is 5.97. The molecule has 5 nitrogen and oxygen atoms in total. The first-order valence-electron chi connectivity index (χ1n) is 12.1. The average Bonchev–Trinajstić information content (AvgIpc) is 2.75. The summed E-state index contributed by atoms with van der Waals surface area (Å²) < 4.78 is 0. The fraction of sp³-hybridized carbons (Fsp3) is 0.692. The molecule has 3 aliphatic rings. The largest absolute Gasteiger partial charge is 0.508 e. The van der Waals surface area contributed by atoms with Gasteiger partial charge in [0.1, 0.15) is 5.75 Å². The van der Waals surface area contributed by atoms with E-state index in [0.29, 0.717) is 12.2 Å². The van der Waals surface area contributed by atoms with Crippen LogP contribution >= 0.6 is 0 Å². The predicted molar refractivity (Wildman–Crippen MR) is 122 cm³/mol. The molecule has 1 saturated carbocycles. The van der Waals surface area contributed by atoms with Crippen LogP contribution in [0.25, 0.3) is 0 Å². The third-order valence-corrected chi connectivity index (χ3v) is 8.91. The lowest BCUT2D eigenvalue weighted by Gasteiger charge is -2.61. The lowest BCUT2D eigenvalue weighted by molar-refractivity contribution is -0.150. The Morgan fingerprint density at radius 1 is 1.13 bits per heavy atom. The third-order valence-electron chi connectivity index (χ3n) is 8.91. The minimum absolute atomic E-state index is 0.0150. The van der Waals surface area contributed by atoms with E-state index in [0.717, 1.165) is 57.2 Å². The number of carbonyl (C=O) groups excluding carboxylic acids is 2. The summed E-state index contributed by atoms with van der Waals surface area (Å²) in [5.41, 5.74) is 2.14. The maximum Gasteiger partial charge on any atom is 0.225 e. The second-order valence-electron chi connectivity index (χ2n) is 10.7. The van der Waals surface area contributed by atoms with E-state index in [9.17, 15) is 14.7 Å². The number of rotatable bonds is 4. The van der Waals surface area contributed by atoms with Crippen LogP contribution in [0.15, 0.2) is 18.2 Å². The van der Waals surface area contributed by atoms with Crippen molar-refractivity contribution in [3.63, 3.8) is 0 Å². The van der Waals surface area contributed by atoms with Crippen LogP contribution in [0.2, 0.25) is 0 Å². The minimum Gasteiger partial charge on any atom is -0.508 e. The molecule has 0 radical (unpaired) electrons. The molecule has 2 amide bonds. The Hall–Kier alpha value is -2.04. The highest BCUT2D eigenvalue weighted by molar-refractivity contribution is 5.82. The molecule has 170 valence electrons. The molecule has 31 heavy (non-hydrogen) atoms. The summed E-state index contributed by atoms with van der Waals surface area (Å²) in [5.74, 6) is 0.835. The van der Waals surface area contributed by atoms with Crippen molar-refractivity contribution in [3.05, 3.63) is 29.3 Å². The van der Waals surface area contributed by atoms with E-state index in [1.165, 1.54) is 5.56 Å². The second kappa shape index (κ2) is 8.14. The van der Waals surface area contributed by atoms with Crippen LogP contribution in [-0.2, 0) is 21.4 Å². The van der Waals surface area contributed by atoms with Crippen molar-refractivity contribution < 1.29 is 14.7 Å². The molecule has 1 aliphatic heterocycles. The number of fused-ring (bicyclic) bond motifs is 4. The van der Waals surface area contributed by atoms with E-state index in [-0.39, 0.29) is 40.5 Å². The highest BCUT2D eigenvalue weighted by Gasteiger charge is 2.57. The Kier molecular flexibility index (Phi) is 5.82. The van der Waals surface area contributed by atoms with Gasteiger partial charge in [0.05, 0.1) is 0 Å². The third kappa shape index (κ3) is 3.54. The molecule has 0 spiro atoms. The fourth-order valence-corrected chi connectivity index (χ4v) is 6.42. The summed E-state index contributed by atoms with van der Waals surface area (Å²) in [7, 11) is 0. The number of likely N-dealkylation sites (tertiary alicyclic amines) is 1. The first-order chi connectivity index (χ1) is 14.7. The van der Waals surface area contributed by atoms with Crippen LogP contribution in [-0.4, -0.2) is 41.0 Å². The van der Waals surface area contributed by atoms with Crippen LogP contribution in [0, 0.1) is 17.3 Å². The maximum atomic E-state index is 13.7. The van der Waals surface area contributed by atoms with E-state index in [1.807, 2.05) is 6.07 Å². The topological polar surface area (TPSA) is 69.6 Å². The zero-order valence-corrected chi connectivity index (χ0v) is 19.5. The van der Waals surface area contributed by atoms with Gasteiger partial charge in [-0.1, -0.05) is 39.8 Å². The number of carbonyl (C=O) groups is 2. The number of piperidine rings is 1. The summed E-state index contributed by atoms with van der Waals surface area (Å²) >= 11 is 0. The monoisotopic (exact) mass is 426 g/mol. The summed E-state index contributed by atoms with van der Waals surface area (Å²) in [5, 5.41) is 13.6. The molecule has 2 atom stereocenters. The van der Waals surface area contributed by atoms with Crippen LogP contribution in [0.3, 0.4) is 0 Å². The first kappa shape index (κ1) is 22.2. The number of amides is 2. The van der Waals surface area contributed by atoms with Gasteiger partial charge >= 0.3 is 0 Å². The highest BCUT2D eigenvalue weighted by atomic mass is 16.3. The summed E-state index contributed by atoms with van der Waals surface area (Å²) in [4.78, 5) is 28.1. The number of phenolic OH excluding ortho intramolecular Hbond substituents is 1. The van der Waals surface area contributed by atoms with Crippen LogP contribution in [0.5, 0.6) is 5.75 Å². The Balaban J connectivity index is 1.50. The maximum absolute atomic E-state index is 13.7. The van der Waals surface area contributed by atoms with Gasteiger partial charge in [0.2, 0.25) is 11.8 Å². The first-order valence-corrected chi connectivity index (χ1v) is 12.1. The SMILES string of the molecule is CCCNC(=O)[C@H]1CC[C@@H](C(=O)N2CC[C@@]3(C)c4cccc(O)c4C[C@@H]2C3(C)C)CC1. The zero-order chi connectivity index (χ0) is 22.4. The minimum atomic E-state index is -0.0705. The van der Waals surface area contributed by atoms with Gasteiger partial charge in [-0.05, 0) is 67.6 Å². The molecule has 0 unspecified atom stereocenters. The van der Waals surface area contributed by atoms with E-state index in [2.05, 4.69) is 44.0 Å². The molecule has 4 rings (SSSR count). The van der Waals surface area contributed by atoms with Crippen molar-refractivity contribution in [2.24, 2.45) is 17.3 Å². The van der Waals surface area contributed by atoms with E-state index in [4.69, 9.17) is 0 Å². The smallest absolute Gasteiger partial charge is 0.225 e. The molecular weight excluding hydrogens is 388 g/mol. The highest BCUT2D eigenvalue weighted by Crippen LogP contribution is 2.57. The molecule has 1 aromatic rings. The fourth-order valence-electron chi connectivity index (χ4n) is 6.42. The Morgan fingerprint density at radius 3 is 2.48 bits per heavy atom. The molecule has 5 heteroatoms. The molecule has 2 aliphatic carbocycles. The average molecular weight is 427 g/mol. The number of benzene rings is 1. The van der Waals surface area contributed by atoms with Gasteiger partial charge in [0, 0.05) is 36.4 Å². The van der Waals surface area contributed by atoms with E-state index >= 15 is 0 Å². The second-order valence-corrected chi connectivity index (χ2v) is 10.7. The summed E-state index contributed by atoms with van der Waals surface area (Å²) in [6.07, 6.45) is 5.77. The quantitative estimate of drug-likeness (QED) is 0.759. The van der Waals surface area contributed by atoms with Crippen molar-refractivity contribution in [2.75, 3.05) is 13.1 Å². The molecule has 1 aromatic carbocycles. The molecule has 1 saturated heterocycles. The van der Waals surface area contributed by atoms with Gasteiger partial charge in [-0.25, -0.2) is 0 Å². The Labute approximate surface area is 186 Å². The predicted octanol–water partition coefficient (Wildman–Crippen LogP) is 4.17. The molecule has 2 bridgehead atoms. The van der Waals surface area contributed by atoms with Crippen LogP contribution in [0.1, 0.15) is 77.3 Å². The van der Waals surface area contributed by atoms with Gasteiger partial charge in [-0.2, -0.15) is 0 Å².